The van der Waals surface area contributed by atoms with Crippen LogP contribution in [0.1, 0.15) is 19.4 Å². The molecule has 4 heteroatoms. The SMILES string of the molecule is Cc1ccc(N(CCN(C)C)C(=O)C(C)C)cc1.Cl. The van der Waals surface area contributed by atoms with Gasteiger partial charge in [-0.05, 0) is 33.2 Å². The fourth-order valence-electron chi connectivity index (χ4n) is 1.70. The van der Waals surface area contributed by atoms with Gasteiger partial charge in [-0.3, -0.25) is 4.79 Å². The smallest absolute Gasteiger partial charge is 0.229 e. The van der Waals surface area contributed by atoms with Crippen LogP contribution in [0, 0.1) is 12.8 Å². The maximum Gasteiger partial charge on any atom is 0.229 e. The number of anilines is 1. The van der Waals surface area contributed by atoms with Gasteiger partial charge in [-0.15, -0.1) is 12.4 Å². The Morgan fingerprint density at radius 1 is 1.11 bits per heavy atom. The summed E-state index contributed by atoms with van der Waals surface area (Å²) in [7, 11) is 4.04. The lowest BCUT2D eigenvalue weighted by atomic mass is 10.1. The third-order valence-electron chi connectivity index (χ3n) is 2.88. The Morgan fingerprint density at radius 2 is 1.63 bits per heavy atom. The van der Waals surface area contributed by atoms with Crippen LogP contribution < -0.4 is 4.90 Å². The number of amides is 1. The molecule has 1 aromatic carbocycles. The summed E-state index contributed by atoms with van der Waals surface area (Å²) in [5.41, 5.74) is 2.20. The van der Waals surface area contributed by atoms with Crippen molar-refractivity contribution in [2.75, 3.05) is 32.1 Å². The van der Waals surface area contributed by atoms with E-state index in [-0.39, 0.29) is 24.2 Å². The number of hydrogen-bond acceptors (Lipinski definition) is 2. The average Bonchev–Trinajstić information content (AvgIpc) is 2.30. The number of nitrogens with zero attached hydrogens (tertiary/aromatic N) is 2. The van der Waals surface area contributed by atoms with Gasteiger partial charge in [-0.25, -0.2) is 0 Å². The first-order valence-corrected chi connectivity index (χ1v) is 6.44. The Labute approximate surface area is 123 Å². The molecule has 3 nitrogen and oxygen atoms in total. The minimum absolute atomic E-state index is 0. The zero-order valence-electron chi connectivity index (χ0n) is 12.5. The van der Waals surface area contributed by atoms with E-state index in [1.54, 1.807) is 0 Å². The van der Waals surface area contributed by atoms with Crippen LogP contribution in [0.2, 0.25) is 0 Å². The highest BCUT2D eigenvalue weighted by Gasteiger charge is 2.18. The van der Waals surface area contributed by atoms with Crippen molar-refractivity contribution in [2.24, 2.45) is 5.92 Å². The molecule has 0 N–H and O–H groups in total. The molecule has 0 saturated carbocycles. The lowest BCUT2D eigenvalue weighted by molar-refractivity contribution is -0.121. The van der Waals surface area contributed by atoms with E-state index in [0.29, 0.717) is 0 Å². The number of halogens is 1. The molecule has 0 unspecified atom stereocenters. The van der Waals surface area contributed by atoms with Gasteiger partial charge in [0.2, 0.25) is 5.91 Å². The summed E-state index contributed by atoms with van der Waals surface area (Å²) in [5.74, 6) is 0.203. The highest BCUT2D eigenvalue weighted by Crippen LogP contribution is 2.17. The van der Waals surface area contributed by atoms with E-state index < -0.39 is 0 Å². The molecular formula is C15H25ClN2O. The standard InChI is InChI=1S/C15H24N2O.ClH/c1-12(2)15(18)17(11-10-16(4)5)14-8-6-13(3)7-9-14;/h6-9,12H,10-11H2,1-5H3;1H. The summed E-state index contributed by atoms with van der Waals surface area (Å²) in [6.45, 7) is 7.54. The van der Waals surface area contributed by atoms with Gasteiger partial charge in [0, 0.05) is 24.7 Å². The number of aryl methyl sites for hydroxylation is 1. The lowest BCUT2D eigenvalue weighted by Gasteiger charge is -2.26. The highest BCUT2D eigenvalue weighted by atomic mass is 35.5. The third-order valence-corrected chi connectivity index (χ3v) is 2.88. The van der Waals surface area contributed by atoms with Crippen molar-refractivity contribution < 1.29 is 4.79 Å². The zero-order valence-corrected chi connectivity index (χ0v) is 13.3. The molecule has 0 aliphatic heterocycles. The molecule has 1 rings (SSSR count). The van der Waals surface area contributed by atoms with Crippen molar-refractivity contribution in [3.8, 4) is 0 Å². The Morgan fingerprint density at radius 3 is 2.05 bits per heavy atom. The van der Waals surface area contributed by atoms with Gasteiger partial charge in [0.1, 0.15) is 0 Å². The van der Waals surface area contributed by atoms with Gasteiger partial charge < -0.3 is 9.80 Å². The van der Waals surface area contributed by atoms with E-state index in [9.17, 15) is 4.79 Å². The number of carbonyl (C=O) groups is 1. The van der Waals surface area contributed by atoms with E-state index in [1.165, 1.54) is 5.56 Å². The van der Waals surface area contributed by atoms with Crippen LogP contribution in [0.15, 0.2) is 24.3 Å². The van der Waals surface area contributed by atoms with Crippen molar-refractivity contribution in [3.63, 3.8) is 0 Å². The van der Waals surface area contributed by atoms with Crippen molar-refractivity contribution in [3.05, 3.63) is 29.8 Å². The minimum Gasteiger partial charge on any atom is -0.311 e. The summed E-state index contributed by atoms with van der Waals surface area (Å²) in [5, 5.41) is 0. The Bertz CT molecular complexity index is 388. The van der Waals surface area contributed by atoms with Crippen LogP contribution in [-0.2, 0) is 4.79 Å². The van der Waals surface area contributed by atoms with Crippen LogP contribution >= 0.6 is 12.4 Å². The Hall–Kier alpha value is -1.06. The monoisotopic (exact) mass is 284 g/mol. The van der Waals surface area contributed by atoms with Gasteiger partial charge in [-0.2, -0.15) is 0 Å². The van der Waals surface area contributed by atoms with Crippen LogP contribution in [0.5, 0.6) is 0 Å². The normalized spacial score (nSPS) is 10.5. The van der Waals surface area contributed by atoms with Gasteiger partial charge in [0.05, 0.1) is 0 Å². The fourth-order valence-corrected chi connectivity index (χ4v) is 1.70. The zero-order chi connectivity index (χ0) is 13.7. The molecule has 0 atom stereocenters. The van der Waals surface area contributed by atoms with Crippen molar-refractivity contribution in [1.82, 2.24) is 4.90 Å². The second-order valence-corrected chi connectivity index (χ2v) is 5.28. The molecule has 0 bridgehead atoms. The van der Waals surface area contributed by atoms with Crippen LogP contribution in [0.3, 0.4) is 0 Å². The molecule has 0 aromatic heterocycles. The largest absolute Gasteiger partial charge is 0.311 e. The topological polar surface area (TPSA) is 23.6 Å². The first-order valence-electron chi connectivity index (χ1n) is 6.44. The molecule has 1 aromatic rings. The minimum atomic E-state index is 0. The summed E-state index contributed by atoms with van der Waals surface area (Å²) < 4.78 is 0. The first-order chi connectivity index (χ1) is 8.41. The lowest BCUT2D eigenvalue weighted by Crippen LogP contribution is -2.39. The number of carbonyl (C=O) groups excluding carboxylic acids is 1. The van der Waals surface area contributed by atoms with E-state index in [0.717, 1.165) is 18.8 Å². The van der Waals surface area contributed by atoms with E-state index in [1.807, 2.05) is 57.1 Å². The summed E-state index contributed by atoms with van der Waals surface area (Å²) in [6.07, 6.45) is 0. The highest BCUT2D eigenvalue weighted by molar-refractivity contribution is 5.94. The number of likely N-dealkylation sites (N-methyl/N-ethyl adjacent to an activating group) is 1. The number of benzene rings is 1. The van der Waals surface area contributed by atoms with E-state index >= 15 is 0 Å². The molecule has 0 aliphatic carbocycles. The summed E-state index contributed by atoms with van der Waals surface area (Å²) >= 11 is 0. The van der Waals surface area contributed by atoms with Crippen molar-refractivity contribution in [2.45, 2.75) is 20.8 Å². The van der Waals surface area contributed by atoms with Gasteiger partial charge in [0.15, 0.2) is 0 Å². The molecule has 0 aliphatic rings. The van der Waals surface area contributed by atoms with E-state index in [2.05, 4.69) is 11.8 Å². The van der Waals surface area contributed by atoms with Crippen LogP contribution in [0.25, 0.3) is 0 Å². The molecule has 0 heterocycles. The quantitative estimate of drug-likeness (QED) is 0.830. The summed E-state index contributed by atoms with van der Waals surface area (Å²) in [4.78, 5) is 16.2. The molecule has 0 radical (unpaired) electrons. The fraction of sp³-hybridized carbons (Fsp3) is 0.533. The third kappa shape index (κ3) is 5.62. The van der Waals surface area contributed by atoms with Gasteiger partial charge in [-0.1, -0.05) is 31.5 Å². The molecular weight excluding hydrogens is 260 g/mol. The molecule has 0 spiro atoms. The number of hydrogen-bond donors (Lipinski definition) is 0. The predicted molar refractivity (Wildman–Crippen MR) is 84.2 cm³/mol. The van der Waals surface area contributed by atoms with Gasteiger partial charge in [0.25, 0.3) is 0 Å². The molecule has 108 valence electrons. The van der Waals surface area contributed by atoms with Crippen LogP contribution in [-0.4, -0.2) is 38.0 Å². The maximum atomic E-state index is 12.2. The number of rotatable bonds is 5. The first kappa shape index (κ1) is 17.9. The maximum absolute atomic E-state index is 12.2. The second-order valence-electron chi connectivity index (χ2n) is 5.28. The molecule has 0 fully saturated rings. The molecule has 0 saturated heterocycles. The van der Waals surface area contributed by atoms with Gasteiger partial charge >= 0.3 is 0 Å². The Balaban J connectivity index is 0.00000324. The average molecular weight is 285 g/mol. The van der Waals surface area contributed by atoms with Crippen molar-refractivity contribution >= 4 is 24.0 Å². The van der Waals surface area contributed by atoms with Crippen LogP contribution in [0.4, 0.5) is 5.69 Å². The van der Waals surface area contributed by atoms with Crippen molar-refractivity contribution in [1.29, 1.82) is 0 Å². The Kier molecular flexibility index (Phi) is 7.72. The predicted octanol–water partition coefficient (Wildman–Crippen LogP) is 2.97. The molecule has 19 heavy (non-hydrogen) atoms. The molecule has 1 amide bonds. The second kappa shape index (κ2) is 8.18. The van der Waals surface area contributed by atoms with E-state index in [4.69, 9.17) is 0 Å². The summed E-state index contributed by atoms with van der Waals surface area (Å²) in [6, 6.07) is 8.13.